The minimum atomic E-state index is -1.12. The van der Waals surface area contributed by atoms with Crippen molar-refractivity contribution in [3.8, 4) is 0 Å². The van der Waals surface area contributed by atoms with Crippen molar-refractivity contribution in [1.29, 1.82) is 0 Å². The average Bonchev–Trinajstić information content (AvgIpc) is 2.75. The van der Waals surface area contributed by atoms with Gasteiger partial charge < -0.3 is 5.11 Å². The van der Waals surface area contributed by atoms with Crippen LogP contribution in [-0.4, -0.2) is 23.6 Å². The summed E-state index contributed by atoms with van der Waals surface area (Å²) >= 11 is 0. The first kappa shape index (κ1) is 12.6. The second-order valence-corrected chi connectivity index (χ2v) is 4.34. The monoisotopic (exact) mass is 249 g/mol. The molecule has 2 rings (SSSR count). The van der Waals surface area contributed by atoms with E-state index in [1.54, 1.807) is 0 Å². The van der Waals surface area contributed by atoms with Gasteiger partial charge in [-0.25, -0.2) is 10.3 Å². The Kier molecular flexibility index (Phi) is 3.94. The first-order valence-corrected chi connectivity index (χ1v) is 5.88. The lowest BCUT2D eigenvalue weighted by molar-refractivity contribution is -0.149. The van der Waals surface area contributed by atoms with Crippen molar-refractivity contribution < 1.29 is 19.5 Å². The van der Waals surface area contributed by atoms with E-state index in [-0.39, 0.29) is 12.3 Å². The first-order chi connectivity index (χ1) is 8.65. The summed E-state index contributed by atoms with van der Waals surface area (Å²) in [4.78, 5) is 26.2. The van der Waals surface area contributed by atoms with Crippen LogP contribution in [0.2, 0.25) is 0 Å². The van der Waals surface area contributed by atoms with Gasteiger partial charge in [-0.1, -0.05) is 18.2 Å². The van der Waals surface area contributed by atoms with Crippen LogP contribution in [-0.2, 0) is 33.7 Å². The summed E-state index contributed by atoms with van der Waals surface area (Å²) < 4.78 is 0. The molecule has 5 nitrogen and oxygen atoms in total. The topological polar surface area (TPSA) is 75.6 Å². The van der Waals surface area contributed by atoms with Gasteiger partial charge in [0.2, 0.25) is 5.91 Å². The fraction of sp³-hybridized carbons (Fsp3) is 0.385. The Morgan fingerprint density at radius 1 is 1.28 bits per heavy atom. The number of aliphatic carboxylic acids is 1. The Balaban J connectivity index is 1.85. The quantitative estimate of drug-likeness (QED) is 0.758. The number of benzene rings is 1. The van der Waals surface area contributed by atoms with Crippen LogP contribution in [0.3, 0.4) is 0 Å². The highest BCUT2D eigenvalue weighted by Crippen LogP contribution is 2.22. The predicted molar refractivity (Wildman–Crippen MR) is 63.9 cm³/mol. The summed E-state index contributed by atoms with van der Waals surface area (Å²) in [6, 6.07) is 6.03. The molecule has 0 unspecified atom stereocenters. The number of carbonyl (C=O) groups is 2. The van der Waals surface area contributed by atoms with Gasteiger partial charge in [-0.3, -0.25) is 9.63 Å². The lowest BCUT2D eigenvalue weighted by Crippen LogP contribution is -2.27. The van der Waals surface area contributed by atoms with E-state index < -0.39 is 12.6 Å². The Bertz CT molecular complexity index is 470. The second kappa shape index (κ2) is 5.64. The third-order valence-electron chi connectivity index (χ3n) is 2.91. The Hall–Kier alpha value is -1.88. The summed E-state index contributed by atoms with van der Waals surface area (Å²) in [5, 5.41) is 8.35. The van der Waals surface area contributed by atoms with Crippen LogP contribution in [0.15, 0.2) is 18.2 Å². The summed E-state index contributed by atoms with van der Waals surface area (Å²) in [6.07, 6.45) is 3.56. The van der Waals surface area contributed by atoms with Crippen LogP contribution < -0.4 is 5.48 Å². The van der Waals surface area contributed by atoms with E-state index in [4.69, 9.17) is 5.11 Å². The molecule has 1 aliphatic carbocycles. The maximum Gasteiger partial charge on any atom is 0.332 e. The van der Waals surface area contributed by atoms with E-state index in [0.717, 1.165) is 18.4 Å². The Morgan fingerprint density at radius 2 is 2.06 bits per heavy atom. The Morgan fingerprint density at radius 3 is 2.83 bits per heavy atom. The van der Waals surface area contributed by atoms with Crippen LogP contribution in [0.25, 0.3) is 0 Å². The van der Waals surface area contributed by atoms with Crippen molar-refractivity contribution in [3.63, 3.8) is 0 Å². The predicted octanol–water partition coefficient (Wildman–Crippen LogP) is 0.850. The molecule has 2 N–H and O–H groups in total. The van der Waals surface area contributed by atoms with Crippen molar-refractivity contribution in [2.24, 2.45) is 0 Å². The fourth-order valence-electron chi connectivity index (χ4n) is 2.13. The molecule has 18 heavy (non-hydrogen) atoms. The van der Waals surface area contributed by atoms with E-state index in [9.17, 15) is 9.59 Å². The van der Waals surface area contributed by atoms with Gasteiger partial charge >= 0.3 is 5.97 Å². The fourth-order valence-corrected chi connectivity index (χ4v) is 2.13. The molecule has 0 fully saturated rings. The summed E-state index contributed by atoms with van der Waals surface area (Å²) in [7, 11) is 0. The highest BCUT2D eigenvalue weighted by molar-refractivity contribution is 5.78. The molecule has 0 spiro atoms. The molecule has 0 saturated carbocycles. The van der Waals surface area contributed by atoms with Gasteiger partial charge in [0.1, 0.15) is 0 Å². The lowest BCUT2D eigenvalue weighted by Gasteiger charge is -2.06. The van der Waals surface area contributed by atoms with Crippen molar-refractivity contribution in [3.05, 3.63) is 34.9 Å². The highest BCUT2D eigenvalue weighted by Gasteiger charge is 2.12. The van der Waals surface area contributed by atoms with Gasteiger partial charge in [0.05, 0.1) is 6.42 Å². The molecular formula is C13H15NO4. The number of hydrogen-bond donors (Lipinski definition) is 2. The van der Waals surface area contributed by atoms with Gasteiger partial charge in [-0.05, 0) is 36.0 Å². The minimum absolute atomic E-state index is 0.201. The highest BCUT2D eigenvalue weighted by atomic mass is 16.7. The van der Waals surface area contributed by atoms with Crippen LogP contribution in [0.1, 0.15) is 23.1 Å². The molecule has 0 radical (unpaired) electrons. The Labute approximate surface area is 105 Å². The maximum atomic E-state index is 11.5. The maximum absolute atomic E-state index is 11.5. The molecule has 96 valence electrons. The van der Waals surface area contributed by atoms with Gasteiger partial charge in [0, 0.05) is 0 Å². The molecule has 0 heterocycles. The summed E-state index contributed by atoms with van der Waals surface area (Å²) in [6.45, 7) is -0.532. The summed E-state index contributed by atoms with van der Waals surface area (Å²) in [5.74, 6) is -1.46. The molecule has 1 amide bonds. The van der Waals surface area contributed by atoms with E-state index in [0.29, 0.717) is 0 Å². The number of fused-ring (bicyclic) bond motifs is 1. The van der Waals surface area contributed by atoms with Gasteiger partial charge in [-0.2, -0.15) is 0 Å². The van der Waals surface area contributed by atoms with Crippen LogP contribution in [0.5, 0.6) is 0 Å². The molecule has 1 aromatic rings. The standard InChI is InChI=1S/C13H15NO4/c15-12(14-18-8-13(16)17)7-9-4-5-10-2-1-3-11(10)6-9/h4-6H,1-3,7-8H2,(H,14,15)(H,16,17). The van der Waals surface area contributed by atoms with Crippen molar-refractivity contribution in [2.75, 3.05) is 6.61 Å². The molecule has 0 aromatic heterocycles. The number of carbonyl (C=O) groups excluding carboxylic acids is 1. The van der Waals surface area contributed by atoms with Crippen LogP contribution in [0.4, 0.5) is 0 Å². The number of hydrogen-bond acceptors (Lipinski definition) is 3. The third kappa shape index (κ3) is 3.30. The van der Waals surface area contributed by atoms with Crippen molar-refractivity contribution >= 4 is 11.9 Å². The number of rotatable bonds is 5. The molecule has 5 heteroatoms. The number of carboxylic acids is 1. The molecule has 0 atom stereocenters. The number of nitrogens with one attached hydrogen (secondary N) is 1. The van der Waals surface area contributed by atoms with Gasteiger partial charge in [-0.15, -0.1) is 0 Å². The summed E-state index contributed by atoms with van der Waals surface area (Å²) in [5.41, 5.74) is 5.71. The van der Waals surface area contributed by atoms with E-state index in [1.807, 2.05) is 12.1 Å². The molecule has 0 aliphatic heterocycles. The smallest absolute Gasteiger partial charge is 0.332 e. The largest absolute Gasteiger partial charge is 0.479 e. The van der Waals surface area contributed by atoms with Crippen LogP contribution in [0, 0.1) is 0 Å². The minimum Gasteiger partial charge on any atom is -0.479 e. The SMILES string of the molecule is O=C(O)CONC(=O)Cc1ccc2c(c1)CCC2. The zero-order chi connectivity index (χ0) is 13.0. The third-order valence-corrected chi connectivity index (χ3v) is 2.91. The number of hydroxylamine groups is 1. The van der Waals surface area contributed by atoms with E-state index >= 15 is 0 Å². The molecule has 1 aromatic carbocycles. The van der Waals surface area contributed by atoms with Crippen LogP contribution >= 0.6 is 0 Å². The van der Waals surface area contributed by atoms with E-state index in [2.05, 4.69) is 16.4 Å². The van der Waals surface area contributed by atoms with Gasteiger partial charge in [0.15, 0.2) is 6.61 Å². The molecular weight excluding hydrogens is 234 g/mol. The van der Waals surface area contributed by atoms with Gasteiger partial charge in [0.25, 0.3) is 0 Å². The lowest BCUT2D eigenvalue weighted by atomic mass is 10.0. The zero-order valence-electron chi connectivity index (χ0n) is 9.94. The molecule has 1 aliphatic rings. The zero-order valence-corrected chi connectivity index (χ0v) is 9.94. The molecule has 0 saturated heterocycles. The molecule has 0 bridgehead atoms. The number of amides is 1. The van der Waals surface area contributed by atoms with Crippen molar-refractivity contribution in [1.82, 2.24) is 5.48 Å². The van der Waals surface area contributed by atoms with E-state index in [1.165, 1.54) is 17.5 Å². The first-order valence-electron chi connectivity index (χ1n) is 5.88. The second-order valence-electron chi connectivity index (χ2n) is 4.34. The number of aryl methyl sites for hydroxylation is 2. The van der Waals surface area contributed by atoms with Crippen molar-refractivity contribution in [2.45, 2.75) is 25.7 Å². The number of carboxylic acid groups (broad SMARTS) is 1. The average molecular weight is 249 g/mol. The normalized spacial score (nSPS) is 13.1.